The summed E-state index contributed by atoms with van der Waals surface area (Å²) in [6.45, 7) is 0. The number of hydrogen-bond acceptors (Lipinski definition) is 8. The normalized spacial score (nSPS) is 19.4. The molecule has 154 valence electrons. The van der Waals surface area contributed by atoms with Gasteiger partial charge in [-0.2, -0.15) is 4.68 Å². The van der Waals surface area contributed by atoms with Gasteiger partial charge in [0.05, 0.1) is 17.4 Å². The van der Waals surface area contributed by atoms with E-state index in [4.69, 9.17) is 9.26 Å². The van der Waals surface area contributed by atoms with Crippen LogP contribution in [0.1, 0.15) is 17.7 Å². The van der Waals surface area contributed by atoms with Crippen molar-refractivity contribution in [3.8, 4) is 16.9 Å². The van der Waals surface area contributed by atoms with Crippen LogP contribution >= 0.6 is 0 Å². The minimum Gasteiger partial charge on any atom is -0.444 e. The first-order chi connectivity index (χ1) is 15.3. The summed E-state index contributed by atoms with van der Waals surface area (Å²) in [5, 5.41) is 15.0. The Morgan fingerprint density at radius 2 is 2.06 bits per heavy atom. The number of anilines is 1. The second-order valence-corrected chi connectivity index (χ2v) is 7.60. The molecule has 2 aliphatic rings. The molecule has 1 fully saturated rings. The van der Waals surface area contributed by atoms with Crippen LogP contribution in [0.25, 0.3) is 16.9 Å². The number of rotatable bonds is 5. The minimum atomic E-state index is -0.283. The molecule has 1 aromatic carbocycles. The number of amides is 1. The van der Waals surface area contributed by atoms with Gasteiger partial charge in [-0.3, -0.25) is 4.90 Å². The van der Waals surface area contributed by atoms with Crippen LogP contribution in [0.4, 0.5) is 10.5 Å². The number of tetrazole rings is 1. The van der Waals surface area contributed by atoms with Gasteiger partial charge in [0.25, 0.3) is 0 Å². The first-order valence-corrected chi connectivity index (χ1v) is 9.98. The van der Waals surface area contributed by atoms with E-state index in [0.717, 1.165) is 34.5 Å². The number of aryl methyl sites for hydroxylation is 1. The fraction of sp³-hybridized carbons (Fsp3) is 0.238. The van der Waals surface area contributed by atoms with Gasteiger partial charge in [0, 0.05) is 17.8 Å². The van der Waals surface area contributed by atoms with Crippen LogP contribution in [-0.4, -0.2) is 48.6 Å². The molecule has 10 heteroatoms. The van der Waals surface area contributed by atoms with E-state index < -0.39 is 0 Å². The molecule has 6 rings (SSSR count). The summed E-state index contributed by atoms with van der Waals surface area (Å²) in [5.41, 5.74) is 4.95. The molecule has 10 nitrogen and oxygen atoms in total. The summed E-state index contributed by atoms with van der Waals surface area (Å²) in [5.74, 6) is 0.647. The molecule has 1 saturated heterocycles. The molecule has 0 saturated carbocycles. The second kappa shape index (κ2) is 7.01. The SMILES string of the molecule is O=C1O[C@@H](CCc2ccon2)[C@@H]2Cc3cc(-c4ccc(-n5cnnn5)nc4)ccc3N12. The average Bonchev–Trinajstić information content (AvgIpc) is 3.58. The smallest absolute Gasteiger partial charge is 0.415 e. The van der Waals surface area contributed by atoms with Crippen molar-refractivity contribution in [2.75, 3.05) is 4.90 Å². The van der Waals surface area contributed by atoms with Crippen LogP contribution in [-0.2, 0) is 17.6 Å². The van der Waals surface area contributed by atoms with Crippen LogP contribution in [0, 0.1) is 0 Å². The van der Waals surface area contributed by atoms with Crippen LogP contribution in [0.15, 0.2) is 59.7 Å². The van der Waals surface area contributed by atoms with Gasteiger partial charge in [0.1, 0.15) is 18.7 Å². The van der Waals surface area contributed by atoms with Gasteiger partial charge in [0.15, 0.2) is 5.82 Å². The van der Waals surface area contributed by atoms with Gasteiger partial charge in [-0.15, -0.1) is 5.10 Å². The highest BCUT2D eigenvalue weighted by atomic mass is 16.6. The maximum absolute atomic E-state index is 12.5. The molecule has 2 atom stereocenters. The third kappa shape index (κ3) is 3.03. The van der Waals surface area contributed by atoms with Gasteiger partial charge in [-0.25, -0.2) is 9.78 Å². The molecule has 0 N–H and O–H groups in total. The number of fused-ring (bicyclic) bond motifs is 3. The quantitative estimate of drug-likeness (QED) is 0.489. The number of cyclic esters (lactones) is 1. The molecular weight excluding hydrogens is 398 g/mol. The van der Waals surface area contributed by atoms with E-state index in [1.807, 2.05) is 30.3 Å². The number of aromatic nitrogens is 6. The third-order valence-corrected chi connectivity index (χ3v) is 5.82. The van der Waals surface area contributed by atoms with Gasteiger partial charge >= 0.3 is 6.09 Å². The Morgan fingerprint density at radius 3 is 2.84 bits per heavy atom. The molecule has 1 amide bonds. The van der Waals surface area contributed by atoms with E-state index in [1.165, 1.54) is 11.0 Å². The first-order valence-electron chi connectivity index (χ1n) is 9.98. The Hall–Kier alpha value is -4.08. The van der Waals surface area contributed by atoms with Crippen LogP contribution < -0.4 is 4.90 Å². The molecule has 3 aromatic heterocycles. The van der Waals surface area contributed by atoms with E-state index in [1.54, 1.807) is 17.4 Å². The lowest BCUT2D eigenvalue weighted by Gasteiger charge is -2.16. The lowest BCUT2D eigenvalue weighted by atomic mass is 9.99. The van der Waals surface area contributed by atoms with Gasteiger partial charge in [-0.1, -0.05) is 11.2 Å². The molecule has 2 aliphatic heterocycles. The standard InChI is InChI=1S/C21H17N7O3/c29-21-28-17-4-1-13(14-2-6-20(22-11-14)27-12-23-25-26-27)9-15(17)10-18(28)19(31-21)5-3-16-7-8-30-24-16/h1-2,4,6-9,11-12,18-19H,3,5,10H2/t18-,19-/m0/s1. The lowest BCUT2D eigenvalue weighted by molar-refractivity contribution is 0.125. The van der Waals surface area contributed by atoms with Crippen molar-refractivity contribution in [3.63, 3.8) is 0 Å². The highest BCUT2D eigenvalue weighted by Crippen LogP contribution is 2.41. The van der Waals surface area contributed by atoms with Crippen molar-refractivity contribution in [2.24, 2.45) is 0 Å². The maximum Gasteiger partial charge on any atom is 0.415 e. The third-order valence-electron chi connectivity index (χ3n) is 5.82. The summed E-state index contributed by atoms with van der Waals surface area (Å²) in [6.07, 6.45) is 6.58. The second-order valence-electron chi connectivity index (χ2n) is 7.60. The summed E-state index contributed by atoms with van der Waals surface area (Å²) < 4.78 is 12.0. The Labute approximate surface area is 176 Å². The maximum atomic E-state index is 12.5. The zero-order valence-corrected chi connectivity index (χ0v) is 16.3. The van der Waals surface area contributed by atoms with E-state index in [0.29, 0.717) is 18.7 Å². The Kier molecular flexibility index (Phi) is 4.01. The van der Waals surface area contributed by atoms with E-state index in [9.17, 15) is 4.79 Å². The number of ether oxygens (including phenoxy) is 1. The number of nitrogens with zero attached hydrogens (tertiary/aromatic N) is 7. The molecule has 0 bridgehead atoms. The van der Waals surface area contributed by atoms with Crippen molar-refractivity contribution in [1.29, 1.82) is 0 Å². The fourth-order valence-corrected chi connectivity index (χ4v) is 4.32. The number of pyridine rings is 1. The number of carbonyl (C=O) groups is 1. The molecule has 4 aromatic rings. The van der Waals surface area contributed by atoms with Crippen molar-refractivity contribution < 1.29 is 14.1 Å². The van der Waals surface area contributed by atoms with Crippen LogP contribution in [0.2, 0.25) is 0 Å². The molecule has 5 heterocycles. The van der Waals surface area contributed by atoms with Crippen molar-refractivity contribution >= 4 is 11.8 Å². The molecule has 0 unspecified atom stereocenters. The average molecular weight is 415 g/mol. The Morgan fingerprint density at radius 1 is 1.13 bits per heavy atom. The predicted molar refractivity (Wildman–Crippen MR) is 107 cm³/mol. The summed E-state index contributed by atoms with van der Waals surface area (Å²) in [6, 6.07) is 11.8. The topological polar surface area (TPSA) is 112 Å². The van der Waals surface area contributed by atoms with Crippen LogP contribution in [0.5, 0.6) is 0 Å². The van der Waals surface area contributed by atoms with E-state index in [-0.39, 0.29) is 18.2 Å². The summed E-state index contributed by atoms with van der Waals surface area (Å²) in [7, 11) is 0. The van der Waals surface area contributed by atoms with Crippen molar-refractivity contribution in [1.82, 2.24) is 30.3 Å². The summed E-state index contributed by atoms with van der Waals surface area (Å²) in [4.78, 5) is 18.8. The lowest BCUT2D eigenvalue weighted by Crippen LogP contribution is -2.33. The Balaban J connectivity index is 1.23. The monoisotopic (exact) mass is 415 g/mol. The predicted octanol–water partition coefficient (Wildman–Crippen LogP) is 2.59. The molecule has 31 heavy (non-hydrogen) atoms. The molecular formula is C21H17N7O3. The van der Waals surface area contributed by atoms with Gasteiger partial charge < -0.3 is 9.26 Å². The Bertz CT molecular complexity index is 1220. The zero-order valence-electron chi connectivity index (χ0n) is 16.3. The number of carbonyl (C=O) groups excluding carboxylic acids is 1. The van der Waals surface area contributed by atoms with Crippen molar-refractivity contribution in [3.05, 3.63) is 66.4 Å². The minimum absolute atomic E-state index is 0.00460. The fourth-order valence-electron chi connectivity index (χ4n) is 4.32. The van der Waals surface area contributed by atoms with Crippen molar-refractivity contribution in [2.45, 2.75) is 31.4 Å². The molecule has 0 radical (unpaired) electrons. The molecule has 0 aliphatic carbocycles. The van der Waals surface area contributed by atoms with E-state index >= 15 is 0 Å². The highest BCUT2D eigenvalue weighted by Gasteiger charge is 2.47. The van der Waals surface area contributed by atoms with E-state index in [2.05, 4.69) is 31.7 Å². The van der Waals surface area contributed by atoms with Crippen LogP contribution in [0.3, 0.4) is 0 Å². The zero-order chi connectivity index (χ0) is 20.8. The highest BCUT2D eigenvalue weighted by molar-refractivity contribution is 5.94. The van der Waals surface area contributed by atoms with Gasteiger partial charge in [0.2, 0.25) is 0 Å². The van der Waals surface area contributed by atoms with Gasteiger partial charge in [-0.05, 0) is 65.1 Å². The number of hydrogen-bond donors (Lipinski definition) is 0. The molecule has 0 spiro atoms. The number of benzene rings is 1. The first kappa shape index (κ1) is 17.8. The summed E-state index contributed by atoms with van der Waals surface area (Å²) >= 11 is 0. The largest absolute Gasteiger partial charge is 0.444 e.